The van der Waals surface area contributed by atoms with Crippen LogP contribution in [0.3, 0.4) is 0 Å². The van der Waals surface area contributed by atoms with Crippen LogP contribution in [0, 0.1) is 12.7 Å². The molecule has 0 aliphatic rings. The first kappa shape index (κ1) is 24.3. The minimum absolute atomic E-state index is 0.0189. The maximum atomic E-state index is 13.4. The van der Waals surface area contributed by atoms with E-state index in [4.69, 9.17) is 13.9 Å². The van der Waals surface area contributed by atoms with Crippen molar-refractivity contribution in [2.75, 3.05) is 26.1 Å². The van der Waals surface area contributed by atoms with Crippen LogP contribution < -0.4 is 14.8 Å². The molecule has 0 fully saturated rings. The number of sulfone groups is 1. The molecule has 0 spiro atoms. The van der Waals surface area contributed by atoms with Gasteiger partial charge in [-0.15, -0.1) is 0 Å². The summed E-state index contributed by atoms with van der Waals surface area (Å²) in [5.41, 5.74) is 2.35. The van der Waals surface area contributed by atoms with Gasteiger partial charge in [0, 0.05) is 12.1 Å². The number of benzene rings is 3. The molecular formula is C26H25FN2O5S. The number of ether oxygens (including phenoxy) is 2. The van der Waals surface area contributed by atoms with Gasteiger partial charge in [0.2, 0.25) is 26.6 Å². The maximum absolute atomic E-state index is 13.4. The van der Waals surface area contributed by atoms with Crippen molar-refractivity contribution >= 4 is 15.7 Å². The van der Waals surface area contributed by atoms with Crippen molar-refractivity contribution in [1.29, 1.82) is 0 Å². The minimum atomic E-state index is -3.97. The van der Waals surface area contributed by atoms with Crippen LogP contribution in [0.15, 0.2) is 81.1 Å². The zero-order chi connectivity index (χ0) is 25.0. The number of rotatable bonds is 9. The number of anilines is 1. The maximum Gasteiger partial charge on any atom is 0.233 e. The number of halogens is 1. The number of nitrogens with one attached hydrogen (secondary N) is 1. The zero-order valence-electron chi connectivity index (χ0n) is 19.5. The van der Waals surface area contributed by atoms with Gasteiger partial charge in [-0.1, -0.05) is 23.8 Å². The van der Waals surface area contributed by atoms with Crippen molar-refractivity contribution in [3.63, 3.8) is 0 Å². The first-order valence-corrected chi connectivity index (χ1v) is 12.3. The lowest BCUT2D eigenvalue weighted by Gasteiger charge is -2.10. The summed E-state index contributed by atoms with van der Waals surface area (Å²) in [5, 5.41) is 2.83. The van der Waals surface area contributed by atoms with Crippen LogP contribution >= 0.6 is 0 Å². The Bertz CT molecular complexity index is 1420. The minimum Gasteiger partial charge on any atom is -0.493 e. The van der Waals surface area contributed by atoms with Gasteiger partial charge in [0.15, 0.2) is 11.5 Å². The fraction of sp³-hybridized carbons (Fsp3) is 0.192. The molecule has 7 nitrogen and oxygen atoms in total. The number of hydrogen-bond donors (Lipinski definition) is 1. The van der Waals surface area contributed by atoms with Gasteiger partial charge in [0.1, 0.15) is 5.82 Å². The lowest BCUT2D eigenvalue weighted by molar-refractivity contribution is 0.354. The van der Waals surface area contributed by atoms with Crippen molar-refractivity contribution in [1.82, 2.24) is 4.98 Å². The molecule has 4 aromatic rings. The average molecular weight is 497 g/mol. The monoisotopic (exact) mass is 496 g/mol. The van der Waals surface area contributed by atoms with Gasteiger partial charge in [-0.25, -0.2) is 12.8 Å². The third-order valence-electron chi connectivity index (χ3n) is 5.42. The second-order valence-corrected chi connectivity index (χ2v) is 9.71. The number of nitrogens with zero attached hydrogens (tertiary/aromatic N) is 1. The van der Waals surface area contributed by atoms with Gasteiger partial charge in [-0.2, -0.15) is 4.98 Å². The largest absolute Gasteiger partial charge is 0.493 e. The van der Waals surface area contributed by atoms with E-state index in [9.17, 15) is 12.8 Å². The van der Waals surface area contributed by atoms with E-state index >= 15 is 0 Å². The van der Waals surface area contributed by atoms with Crippen molar-refractivity contribution in [3.8, 4) is 23.0 Å². The van der Waals surface area contributed by atoms with Crippen molar-refractivity contribution in [3.05, 3.63) is 83.7 Å². The lowest BCUT2D eigenvalue weighted by Crippen LogP contribution is -2.10. The molecule has 0 bridgehead atoms. The topological polar surface area (TPSA) is 90.7 Å². The Balaban J connectivity index is 1.64. The Morgan fingerprint density at radius 2 is 1.63 bits per heavy atom. The normalized spacial score (nSPS) is 11.3. The van der Waals surface area contributed by atoms with Crippen LogP contribution in [0.2, 0.25) is 0 Å². The summed E-state index contributed by atoms with van der Waals surface area (Å²) in [7, 11) is -0.844. The van der Waals surface area contributed by atoms with Gasteiger partial charge in [0.25, 0.3) is 0 Å². The summed E-state index contributed by atoms with van der Waals surface area (Å²) in [6.45, 7) is 2.24. The molecule has 1 N–H and O–H groups in total. The summed E-state index contributed by atoms with van der Waals surface area (Å²) >= 11 is 0. The Hall–Kier alpha value is -3.85. The number of aromatic nitrogens is 1. The molecule has 182 valence electrons. The van der Waals surface area contributed by atoms with Gasteiger partial charge < -0.3 is 19.2 Å². The second-order valence-electron chi connectivity index (χ2n) is 7.84. The molecule has 1 heterocycles. The van der Waals surface area contributed by atoms with Crippen LogP contribution in [0.25, 0.3) is 11.5 Å². The molecule has 9 heteroatoms. The molecule has 0 saturated carbocycles. The van der Waals surface area contributed by atoms with E-state index in [0.717, 1.165) is 11.1 Å². The standard InChI is InChI=1S/C26H25FN2O5S/c1-17-4-11-21(12-5-17)35(30,31)26-25(34-24(29-26)19-7-9-20(27)10-8-19)28-15-14-18-6-13-22(32-2)23(16-18)33-3/h4-13,16,28H,14-15H2,1-3H3. The molecule has 4 rings (SSSR count). The van der Waals surface area contributed by atoms with Crippen LogP contribution in [0.1, 0.15) is 11.1 Å². The van der Waals surface area contributed by atoms with E-state index in [0.29, 0.717) is 30.0 Å². The van der Waals surface area contributed by atoms with Crippen LogP contribution in [0.4, 0.5) is 10.3 Å². The van der Waals surface area contributed by atoms with Crippen LogP contribution in [-0.4, -0.2) is 34.2 Å². The summed E-state index contributed by atoms with van der Waals surface area (Å²) in [6.07, 6.45) is 0.553. The third-order valence-corrected chi connectivity index (χ3v) is 7.10. The average Bonchev–Trinajstić information content (AvgIpc) is 3.29. The Morgan fingerprint density at radius 3 is 2.29 bits per heavy atom. The highest BCUT2D eigenvalue weighted by atomic mass is 32.2. The predicted molar refractivity (Wildman–Crippen MR) is 130 cm³/mol. The summed E-state index contributed by atoms with van der Waals surface area (Å²) in [5.74, 6) is 0.900. The molecule has 0 amide bonds. The predicted octanol–water partition coefficient (Wildman–Crippen LogP) is 5.29. The van der Waals surface area contributed by atoms with E-state index < -0.39 is 15.7 Å². The van der Waals surface area contributed by atoms with E-state index in [1.807, 2.05) is 25.1 Å². The highest BCUT2D eigenvalue weighted by Crippen LogP contribution is 2.33. The first-order chi connectivity index (χ1) is 16.8. The highest BCUT2D eigenvalue weighted by molar-refractivity contribution is 7.91. The molecule has 0 radical (unpaired) electrons. The number of methoxy groups -OCH3 is 2. The number of oxazole rings is 1. The fourth-order valence-electron chi connectivity index (χ4n) is 3.50. The molecule has 0 atom stereocenters. The van der Waals surface area contributed by atoms with Gasteiger partial charge in [-0.3, -0.25) is 0 Å². The summed E-state index contributed by atoms with van der Waals surface area (Å²) in [6, 6.07) is 17.6. The quantitative estimate of drug-likeness (QED) is 0.337. The molecule has 0 aliphatic carbocycles. The van der Waals surface area contributed by atoms with Gasteiger partial charge in [0.05, 0.1) is 19.1 Å². The van der Waals surface area contributed by atoms with E-state index in [-0.39, 0.29) is 21.7 Å². The first-order valence-electron chi connectivity index (χ1n) is 10.8. The molecule has 0 unspecified atom stereocenters. The molecule has 0 saturated heterocycles. The van der Waals surface area contributed by atoms with Crippen molar-refractivity contribution in [2.45, 2.75) is 23.3 Å². The zero-order valence-corrected chi connectivity index (χ0v) is 20.4. The molecular weight excluding hydrogens is 471 g/mol. The van der Waals surface area contributed by atoms with E-state index in [1.165, 1.54) is 36.4 Å². The molecule has 3 aromatic carbocycles. The van der Waals surface area contributed by atoms with E-state index in [2.05, 4.69) is 10.3 Å². The molecule has 35 heavy (non-hydrogen) atoms. The van der Waals surface area contributed by atoms with Gasteiger partial charge in [-0.05, 0) is 67.4 Å². The van der Waals surface area contributed by atoms with Crippen molar-refractivity contribution in [2.24, 2.45) is 0 Å². The number of aryl methyl sites for hydroxylation is 1. The second kappa shape index (κ2) is 10.2. The Kier molecular flexibility index (Phi) is 7.07. The van der Waals surface area contributed by atoms with Crippen LogP contribution in [-0.2, 0) is 16.3 Å². The van der Waals surface area contributed by atoms with Crippen LogP contribution in [0.5, 0.6) is 11.5 Å². The summed E-state index contributed by atoms with van der Waals surface area (Å²) < 4.78 is 56.6. The Labute approximate surface area is 203 Å². The third kappa shape index (κ3) is 5.30. The fourth-order valence-corrected chi connectivity index (χ4v) is 4.78. The van der Waals surface area contributed by atoms with Crippen molar-refractivity contribution < 1.29 is 26.7 Å². The SMILES string of the molecule is COc1ccc(CCNc2oc(-c3ccc(F)cc3)nc2S(=O)(=O)c2ccc(C)cc2)cc1OC. The smallest absolute Gasteiger partial charge is 0.233 e. The van der Waals surface area contributed by atoms with E-state index in [1.54, 1.807) is 26.4 Å². The molecule has 1 aromatic heterocycles. The highest BCUT2D eigenvalue weighted by Gasteiger charge is 2.28. The molecule has 0 aliphatic heterocycles. The van der Waals surface area contributed by atoms with Gasteiger partial charge >= 0.3 is 0 Å². The lowest BCUT2D eigenvalue weighted by atomic mass is 10.1. The summed E-state index contributed by atoms with van der Waals surface area (Å²) in [4.78, 5) is 4.38. The Morgan fingerprint density at radius 1 is 0.943 bits per heavy atom. The number of hydrogen-bond acceptors (Lipinski definition) is 7.